The maximum absolute atomic E-state index is 2.47. The van der Waals surface area contributed by atoms with Crippen LogP contribution >= 0.6 is 0 Å². The molecule has 1 aromatic rings. The third kappa shape index (κ3) is 2.54. The Labute approximate surface area is 112 Å². The molecule has 2 nitrogen and oxygen atoms in total. The van der Waals surface area contributed by atoms with Gasteiger partial charge in [0.25, 0.3) is 0 Å². The monoisotopic (exact) mass is 246 g/mol. The van der Waals surface area contributed by atoms with Crippen molar-refractivity contribution in [1.82, 2.24) is 4.90 Å². The Balaban J connectivity index is 2.10. The largest absolute Gasteiger partial charge is 0.368 e. The van der Waals surface area contributed by atoms with E-state index in [1.54, 1.807) is 0 Å². The first-order chi connectivity index (χ1) is 8.44. The fourth-order valence-electron chi connectivity index (χ4n) is 2.32. The Hall–Kier alpha value is -1.02. The Kier molecular flexibility index (Phi) is 3.67. The van der Waals surface area contributed by atoms with Gasteiger partial charge in [-0.2, -0.15) is 0 Å². The SMILES string of the molecule is CCC(C)(C)c1cccc(N2CC(N(C)C)C2)c1. The smallest absolute Gasteiger partial charge is 0.0440 e. The van der Waals surface area contributed by atoms with Gasteiger partial charge in [0.15, 0.2) is 0 Å². The summed E-state index contributed by atoms with van der Waals surface area (Å²) >= 11 is 0. The Bertz CT molecular complexity index is 403. The van der Waals surface area contributed by atoms with Crippen molar-refractivity contribution in [3.05, 3.63) is 29.8 Å². The topological polar surface area (TPSA) is 6.48 Å². The number of benzene rings is 1. The summed E-state index contributed by atoms with van der Waals surface area (Å²) in [6, 6.07) is 9.78. The Morgan fingerprint density at radius 2 is 1.94 bits per heavy atom. The molecule has 18 heavy (non-hydrogen) atoms. The first-order valence-electron chi connectivity index (χ1n) is 6.96. The highest BCUT2D eigenvalue weighted by Gasteiger charge is 2.29. The lowest BCUT2D eigenvalue weighted by Crippen LogP contribution is -2.57. The van der Waals surface area contributed by atoms with Crippen molar-refractivity contribution in [3.63, 3.8) is 0 Å². The molecule has 1 aromatic carbocycles. The van der Waals surface area contributed by atoms with E-state index in [1.165, 1.54) is 17.7 Å². The zero-order chi connectivity index (χ0) is 13.3. The van der Waals surface area contributed by atoms with Crippen LogP contribution in [0, 0.1) is 0 Å². The minimum absolute atomic E-state index is 0.280. The normalized spacial score (nSPS) is 17.1. The van der Waals surface area contributed by atoms with Gasteiger partial charge in [0.05, 0.1) is 0 Å². The minimum Gasteiger partial charge on any atom is -0.368 e. The van der Waals surface area contributed by atoms with Crippen molar-refractivity contribution >= 4 is 5.69 Å². The van der Waals surface area contributed by atoms with Crippen LogP contribution in [-0.4, -0.2) is 38.1 Å². The number of anilines is 1. The Morgan fingerprint density at radius 3 is 2.50 bits per heavy atom. The zero-order valence-corrected chi connectivity index (χ0v) is 12.4. The van der Waals surface area contributed by atoms with Crippen molar-refractivity contribution in [2.75, 3.05) is 32.1 Å². The average Bonchev–Trinajstić information content (AvgIpc) is 2.27. The standard InChI is InChI=1S/C16H26N2/c1-6-16(2,3)13-8-7-9-14(10-13)18-11-15(12-18)17(4)5/h7-10,15H,6,11-12H2,1-5H3. The summed E-state index contributed by atoms with van der Waals surface area (Å²) in [4.78, 5) is 4.79. The van der Waals surface area contributed by atoms with Crippen LogP contribution in [0.5, 0.6) is 0 Å². The van der Waals surface area contributed by atoms with E-state index < -0.39 is 0 Å². The third-order valence-electron chi connectivity index (χ3n) is 4.47. The van der Waals surface area contributed by atoms with Gasteiger partial charge in [0.1, 0.15) is 0 Å². The second-order valence-electron chi connectivity index (χ2n) is 6.31. The molecule has 0 unspecified atom stereocenters. The minimum atomic E-state index is 0.280. The highest BCUT2D eigenvalue weighted by molar-refractivity contribution is 5.52. The molecule has 1 fully saturated rings. The summed E-state index contributed by atoms with van der Waals surface area (Å²) in [6.45, 7) is 9.22. The average molecular weight is 246 g/mol. The van der Waals surface area contributed by atoms with Gasteiger partial charge in [-0.1, -0.05) is 32.9 Å². The fraction of sp³-hybridized carbons (Fsp3) is 0.625. The van der Waals surface area contributed by atoms with Gasteiger partial charge in [-0.25, -0.2) is 0 Å². The van der Waals surface area contributed by atoms with Crippen molar-refractivity contribution in [2.24, 2.45) is 0 Å². The quantitative estimate of drug-likeness (QED) is 0.805. The molecular weight excluding hydrogens is 220 g/mol. The van der Waals surface area contributed by atoms with E-state index in [0.717, 1.165) is 13.1 Å². The Morgan fingerprint density at radius 1 is 1.28 bits per heavy atom. The van der Waals surface area contributed by atoms with Crippen LogP contribution in [0.4, 0.5) is 5.69 Å². The summed E-state index contributed by atoms with van der Waals surface area (Å²) in [5.41, 5.74) is 3.12. The van der Waals surface area contributed by atoms with E-state index in [9.17, 15) is 0 Å². The molecule has 1 heterocycles. The third-order valence-corrected chi connectivity index (χ3v) is 4.47. The number of likely N-dealkylation sites (N-methyl/N-ethyl adjacent to an activating group) is 1. The lowest BCUT2D eigenvalue weighted by Gasteiger charge is -2.44. The molecule has 0 atom stereocenters. The lowest BCUT2D eigenvalue weighted by molar-refractivity contribution is 0.247. The van der Waals surface area contributed by atoms with Gasteiger partial charge in [-0.05, 0) is 43.6 Å². The van der Waals surface area contributed by atoms with Crippen LogP contribution in [0.25, 0.3) is 0 Å². The predicted octanol–water partition coefficient (Wildman–Crippen LogP) is 3.12. The van der Waals surface area contributed by atoms with Crippen LogP contribution in [0.1, 0.15) is 32.8 Å². The van der Waals surface area contributed by atoms with E-state index in [0.29, 0.717) is 6.04 Å². The molecule has 0 spiro atoms. The molecule has 100 valence electrons. The molecule has 1 saturated heterocycles. The van der Waals surface area contributed by atoms with Crippen LogP contribution in [-0.2, 0) is 5.41 Å². The van der Waals surface area contributed by atoms with Crippen molar-refractivity contribution in [2.45, 2.75) is 38.6 Å². The first-order valence-corrected chi connectivity index (χ1v) is 6.96. The molecule has 2 heteroatoms. The number of hydrogen-bond acceptors (Lipinski definition) is 2. The lowest BCUT2D eigenvalue weighted by atomic mass is 9.82. The fourth-order valence-corrected chi connectivity index (χ4v) is 2.32. The molecule has 0 N–H and O–H groups in total. The first kappa shape index (κ1) is 13.4. The predicted molar refractivity (Wildman–Crippen MR) is 79.4 cm³/mol. The van der Waals surface area contributed by atoms with Crippen molar-refractivity contribution in [3.8, 4) is 0 Å². The van der Waals surface area contributed by atoms with Gasteiger partial charge >= 0.3 is 0 Å². The molecule has 1 aliphatic heterocycles. The summed E-state index contributed by atoms with van der Waals surface area (Å²) < 4.78 is 0. The summed E-state index contributed by atoms with van der Waals surface area (Å²) in [6.07, 6.45) is 1.18. The molecular formula is C16H26N2. The zero-order valence-electron chi connectivity index (χ0n) is 12.4. The van der Waals surface area contributed by atoms with E-state index in [1.807, 2.05) is 0 Å². The van der Waals surface area contributed by atoms with E-state index >= 15 is 0 Å². The van der Waals surface area contributed by atoms with Gasteiger partial charge in [0, 0.05) is 24.8 Å². The van der Waals surface area contributed by atoms with Crippen LogP contribution in [0.15, 0.2) is 24.3 Å². The van der Waals surface area contributed by atoms with Gasteiger partial charge < -0.3 is 9.80 Å². The van der Waals surface area contributed by atoms with Crippen LogP contribution in [0.2, 0.25) is 0 Å². The highest BCUT2D eigenvalue weighted by atomic mass is 15.3. The number of rotatable bonds is 4. The molecule has 0 radical (unpaired) electrons. The van der Waals surface area contributed by atoms with Crippen molar-refractivity contribution in [1.29, 1.82) is 0 Å². The van der Waals surface area contributed by atoms with Crippen LogP contribution < -0.4 is 4.90 Å². The second kappa shape index (κ2) is 4.93. The second-order valence-corrected chi connectivity index (χ2v) is 6.31. The number of hydrogen-bond donors (Lipinski definition) is 0. The molecule has 0 aromatic heterocycles. The highest BCUT2D eigenvalue weighted by Crippen LogP contribution is 2.31. The van der Waals surface area contributed by atoms with Crippen molar-refractivity contribution < 1.29 is 0 Å². The van der Waals surface area contributed by atoms with Gasteiger partial charge in [-0.3, -0.25) is 0 Å². The summed E-state index contributed by atoms with van der Waals surface area (Å²) in [7, 11) is 4.33. The van der Waals surface area contributed by atoms with E-state index in [4.69, 9.17) is 0 Å². The maximum Gasteiger partial charge on any atom is 0.0440 e. The molecule has 0 amide bonds. The molecule has 2 rings (SSSR count). The molecule has 0 saturated carbocycles. The van der Waals surface area contributed by atoms with Gasteiger partial charge in [-0.15, -0.1) is 0 Å². The summed E-state index contributed by atoms with van der Waals surface area (Å²) in [5.74, 6) is 0. The molecule has 1 aliphatic rings. The van der Waals surface area contributed by atoms with Gasteiger partial charge in [0.2, 0.25) is 0 Å². The van der Waals surface area contributed by atoms with E-state index in [-0.39, 0.29) is 5.41 Å². The molecule has 0 bridgehead atoms. The van der Waals surface area contributed by atoms with Crippen LogP contribution in [0.3, 0.4) is 0 Å². The maximum atomic E-state index is 2.47. The number of nitrogens with zero attached hydrogens (tertiary/aromatic N) is 2. The summed E-state index contributed by atoms with van der Waals surface area (Å²) in [5, 5.41) is 0. The molecule has 0 aliphatic carbocycles. The van der Waals surface area contributed by atoms with E-state index in [2.05, 4.69) is 68.9 Å².